The van der Waals surface area contributed by atoms with Crippen molar-refractivity contribution in [2.24, 2.45) is 0 Å². The summed E-state index contributed by atoms with van der Waals surface area (Å²) in [4.78, 5) is 19.1. The summed E-state index contributed by atoms with van der Waals surface area (Å²) in [6, 6.07) is 0. The van der Waals surface area contributed by atoms with Crippen LogP contribution in [0.25, 0.3) is 0 Å². The predicted molar refractivity (Wildman–Crippen MR) is 124 cm³/mol. The van der Waals surface area contributed by atoms with Gasteiger partial charge in [-0.05, 0) is 51.4 Å². The molecule has 0 aliphatic rings. The van der Waals surface area contributed by atoms with Crippen molar-refractivity contribution >= 4 is 7.60 Å². The van der Waals surface area contributed by atoms with Crippen LogP contribution >= 0.6 is 7.60 Å². The van der Waals surface area contributed by atoms with Crippen LogP contribution in [0, 0.1) is 0 Å². The summed E-state index contributed by atoms with van der Waals surface area (Å²) < 4.78 is 12.1. The molecule has 0 amide bonds. The van der Waals surface area contributed by atoms with E-state index in [-0.39, 0.29) is 13.0 Å². The third kappa shape index (κ3) is 16.0. The molecular formula is C23H47NO4P+. The largest absolute Gasteiger partial charge is 0.373 e. The molecule has 0 bridgehead atoms. The van der Waals surface area contributed by atoms with E-state index in [0.29, 0.717) is 10.9 Å². The molecule has 0 aliphatic heterocycles. The Morgan fingerprint density at radius 3 is 1.66 bits per heavy atom. The molecule has 172 valence electrons. The van der Waals surface area contributed by atoms with Crippen molar-refractivity contribution in [1.29, 1.82) is 0 Å². The van der Waals surface area contributed by atoms with Crippen molar-refractivity contribution in [1.82, 2.24) is 0 Å². The molecule has 0 saturated carbocycles. The van der Waals surface area contributed by atoms with Crippen LogP contribution in [0.5, 0.6) is 0 Å². The molecule has 0 aliphatic carbocycles. The van der Waals surface area contributed by atoms with Gasteiger partial charge in [0.25, 0.3) is 0 Å². The van der Waals surface area contributed by atoms with Crippen molar-refractivity contribution in [3.8, 4) is 0 Å². The van der Waals surface area contributed by atoms with Crippen LogP contribution in [0.15, 0.2) is 24.3 Å². The Kier molecular flexibility index (Phi) is 15.1. The number of rotatable bonds is 18. The maximum Gasteiger partial charge on any atom is 0.362 e. The van der Waals surface area contributed by atoms with Crippen LogP contribution in [0.3, 0.4) is 0 Å². The zero-order valence-electron chi connectivity index (χ0n) is 19.4. The quantitative estimate of drug-likeness (QED) is 0.111. The van der Waals surface area contributed by atoms with Crippen molar-refractivity contribution < 1.29 is 23.9 Å². The molecular weight excluding hydrogens is 385 g/mol. The number of aliphatic hydroxyl groups is 1. The molecule has 1 atom stereocenters. The molecule has 0 spiro atoms. The number of likely N-dealkylation sites (N-methyl/N-ethyl adjacent to an activating group) is 1. The first kappa shape index (κ1) is 28.5. The van der Waals surface area contributed by atoms with E-state index in [1.165, 1.54) is 32.1 Å². The van der Waals surface area contributed by atoms with Gasteiger partial charge < -0.3 is 19.4 Å². The summed E-state index contributed by atoms with van der Waals surface area (Å²) in [5.74, 6) is 0. The third-order valence-corrected chi connectivity index (χ3v) is 6.47. The van der Waals surface area contributed by atoms with E-state index in [1.54, 1.807) is 0 Å². The van der Waals surface area contributed by atoms with Gasteiger partial charge in [-0.1, -0.05) is 63.3 Å². The van der Waals surface area contributed by atoms with Crippen molar-refractivity contribution in [3.63, 3.8) is 0 Å². The molecule has 6 heteroatoms. The molecule has 0 saturated heterocycles. The summed E-state index contributed by atoms with van der Waals surface area (Å²) in [5.41, 5.74) is 0. The second-order valence-corrected chi connectivity index (χ2v) is 11.2. The van der Waals surface area contributed by atoms with Crippen LogP contribution in [-0.2, 0) is 4.57 Å². The molecule has 1 unspecified atom stereocenters. The first-order chi connectivity index (χ1) is 13.5. The Morgan fingerprint density at radius 1 is 0.759 bits per heavy atom. The van der Waals surface area contributed by atoms with Crippen LogP contribution in [0.2, 0.25) is 0 Å². The van der Waals surface area contributed by atoms with Crippen LogP contribution in [0.4, 0.5) is 0 Å². The first-order valence-electron chi connectivity index (χ1n) is 11.4. The summed E-state index contributed by atoms with van der Waals surface area (Å²) in [6.07, 6.45) is 22.6. The average molecular weight is 433 g/mol. The first-order valence-corrected chi connectivity index (χ1v) is 13.0. The molecule has 0 radical (unpaired) electrons. The highest BCUT2D eigenvalue weighted by molar-refractivity contribution is 7.53. The number of nitrogens with zero attached hydrogens (tertiary/aromatic N) is 1. The van der Waals surface area contributed by atoms with Crippen molar-refractivity contribution in [2.75, 3.05) is 27.7 Å². The fraction of sp³-hybridized carbons (Fsp3) is 0.826. The molecule has 5 nitrogen and oxygen atoms in total. The van der Waals surface area contributed by atoms with Gasteiger partial charge in [-0.2, -0.15) is 0 Å². The number of allylic oxidation sites excluding steroid dienone is 4. The molecule has 0 aromatic rings. The SMILES string of the molecule is CCCCCC/C=C\CC/C=C\CCCCCCC(O)(C[N+](C)(C)C)P(=O)(O)O. The topological polar surface area (TPSA) is 77.8 Å². The summed E-state index contributed by atoms with van der Waals surface area (Å²) in [6.45, 7) is 2.29. The monoisotopic (exact) mass is 432 g/mol. The van der Waals surface area contributed by atoms with E-state index in [1.807, 2.05) is 21.1 Å². The highest BCUT2D eigenvalue weighted by Crippen LogP contribution is 2.52. The molecule has 0 heterocycles. The third-order valence-electron chi connectivity index (χ3n) is 5.03. The van der Waals surface area contributed by atoms with Gasteiger partial charge in [0.1, 0.15) is 6.54 Å². The van der Waals surface area contributed by atoms with Gasteiger partial charge in [0, 0.05) is 0 Å². The van der Waals surface area contributed by atoms with Gasteiger partial charge in [-0.25, -0.2) is 0 Å². The molecule has 3 N–H and O–H groups in total. The van der Waals surface area contributed by atoms with E-state index in [0.717, 1.165) is 38.5 Å². The average Bonchev–Trinajstić information content (AvgIpc) is 2.59. The molecule has 0 aromatic heterocycles. The van der Waals surface area contributed by atoms with Crippen LogP contribution in [0.1, 0.15) is 90.4 Å². The lowest BCUT2D eigenvalue weighted by Crippen LogP contribution is -2.49. The fourth-order valence-electron chi connectivity index (χ4n) is 3.45. The van der Waals surface area contributed by atoms with E-state index >= 15 is 0 Å². The fourth-order valence-corrected chi connectivity index (χ4v) is 4.51. The maximum absolute atomic E-state index is 11.7. The van der Waals surface area contributed by atoms with Crippen LogP contribution in [-0.4, -0.2) is 52.4 Å². The standard InChI is InChI=1S/C23H46NO4P/c1-5-6-7-8-9-10-11-12-13-14-15-16-17-18-19-20-21-23(25,29(26,27)28)22-24(2,3)4/h10-11,14-15,25H,5-9,12-13,16-22H2,1-4H3,(H-,26,27,28)/p+1/b11-10-,15-14-. The van der Waals surface area contributed by atoms with Gasteiger partial charge in [-0.15, -0.1) is 0 Å². The second kappa shape index (κ2) is 15.4. The van der Waals surface area contributed by atoms with Gasteiger partial charge in [0.15, 0.2) is 0 Å². The number of hydrogen-bond donors (Lipinski definition) is 3. The van der Waals surface area contributed by atoms with Gasteiger partial charge >= 0.3 is 7.60 Å². The zero-order valence-corrected chi connectivity index (χ0v) is 20.2. The minimum absolute atomic E-state index is 0.0488. The maximum atomic E-state index is 11.7. The molecule has 0 fully saturated rings. The number of hydrogen-bond acceptors (Lipinski definition) is 2. The minimum Gasteiger partial charge on any atom is -0.373 e. The molecule has 0 rings (SSSR count). The van der Waals surface area contributed by atoms with E-state index in [9.17, 15) is 19.5 Å². The lowest BCUT2D eigenvalue weighted by atomic mass is 10.1. The van der Waals surface area contributed by atoms with E-state index in [4.69, 9.17) is 0 Å². The van der Waals surface area contributed by atoms with Gasteiger partial charge in [0.2, 0.25) is 5.34 Å². The van der Waals surface area contributed by atoms with Crippen LogP contribution < -0.4 is 0 Å². The Bertz CT molecular complexity index is 507. The predicted octanol–water partition coefficient (Wildman–Crippen LogP) is 5.76. The van der Waals surface area contributed by atoms with Crippen molar-refractivity contribution in [2.45, 2.75) is 95.7 Å². The van der Waals surface area contributed by atoms with Gasteiger partial charge in [0.05, 0.1) is 21.1 Å². The van der Waals surface area contributed by atoms with E-state index < -0.39 is 12.9 Å². The minimum atomic E-state index is -4.55. The zero-order chi connectivity index (χ0) is 22.2. The summed E-state index contributed by atoms with van der Waals surface area (Å²) in [5, 5.41) is 8.58. The summed E-state index contributed by atoms with van der Waals surface area (Å²) >= 11 is 0. The lowest BCUT2D eigenvalue weighted by Gasteiger charge is -2.35. The smallest absolute Gasteiger partial charge is 0.362 e. The normalized spacial score (nSPS) is 15.4. The highest BCUT2D eigenvalue weighted by Gasteiger charge is 2.48. The second-order valence-electron chi connectivity index (χ2n) is 9.30. The number of quaternary nitrogens is 1. The summed E-state index contributed by atoms with van der Waals surface area (Å²) in [7, 11) is 0.938. The van der Waals surface area contributed by atoms with E-state index in [2.05, 4.69) is 31.2 Å². The Morgan fingerprint density at radius 2 is 1.21 bits per heavy atom. The van der Waals surface area contributed by atoms with Gasteiger partial charge in [-0.3, -0.25) is 4.57 Å². The lowest BCUT2D eigenvalue weighted by molar-refractivity contribution is -0.875. The Balaban J connectivity index is 3.81. The number of unbranched alkanes of at least 4 members (excludes halogenated alkanes) is 9. The Hall–Kier alpha value is -0.450. The highest BCUT2D eigenvalue weighted by atomic mass is 31.2. The Labute approximate surface area is 179 Å². The van der Waals surface area contributed by atoms with Crippen molar-refractivity contribution in [3.05, 3.63) is 24.3 Å². The molecule has 0 aromatic carbocycles. The molecule has 29 heavy (non-hydrogen) atoms.